The number of esters is 1. The van der Waals surface area contributed by atoms with Gasteiger partial charge in [0.2, 0.25) is 0 Å². The van der Waals surface area contributed by atoms with Gasteiger partial charge in [0, 0.05) is 17.8 Å². The predicted molar refractivity (Wildman–Crippen MR) is 122 cm³/mol. The van der Waals surface area contributed by atoms with E-state index in [2.05, 4.69) is 17.3 Å². The van der Waals surface area contributed by atoms with Gasteiger partial charge in [-0.3, -0.25) is 5.10 Å². The number of hydrogen-bond donors (Lipinski definition) is 2. The van der Waals surface area contributed by atoms with E-state index in [1.807, 2.05) is 28.8 Å². The largest absolute Gasteiger partial charge is 0.494 e. The number of fused-ring (bicyclic) bond motifs is 1. The van der Waals surface area contributed by atoms with Gasteiger partial charge in [-0.05, 0) is 31.4 Å². The van der Waals surface area contributed by atoms with E-state index >= 15 is 0 Å². The molecule has 1 aliphatic rings. The summed E-state index contributed by atoms with van der Waals surface area (Å²) < 4.78 is 12.7. The number of methoxy groups -OCH3 is 1. The maximum atomic E-state index is 12.2. The summed E-state index contributed by atoms with van der Waals surface area (Å²) in [4.78, 5) is 17.1. The summed E-state index contributed by atoms with van der Waals surface area (Å²) in [5.74, 6) is 1.31. The van der Waals surface area contributed by atoms with E-state index in [1.165, 1.54) is 32.8 Å². The number of nitrogens with one attached hydrogen (secondary N) is 2. The number of ether oxygens (including phenoxy) is 2. The molecule has 166 valence electrons. The molecule has 0 saturated heterocycles. The second-order valence-corrected chi connectivity index (χ2v) is 8.21. The third-order valence-corrected chi connectivity index (χ3v) is 5.93. The van der Waals surface area contributed by atoms with Crippen molar-refractivity contribution in [2.75, 3.05) is 19.0 Å². The molecule has 2 aromatic heterocycles. The monoisotopic (exact) mass is 424 g/mol. The van der Waals surface area contributed by atoms with Crippen molar-refractivity contribution in [2.24, 2.45) is 0 Å². The lowest BCUT2D eigenvalue weighted by Crippen LogP contribution is -2.20. The van der Waals surface area contributed by atoms with E-state index in [0.29, 0.717) is 23.9 Å². The van der Waals surface area contributed by atoms with Crippen LogP contribution in [0.3, 0.4) is 0 Å². The number of nitrogens with zero attached hydrogens (tertiary/aromatic N) is 2. The van der Waals surface area contributed by atoms with E-state index in [4.69, 9.17) is 14.5 Å². The zero-order valence-corrected chi connectivity index (χ0v) is 18.4. The molecular formula is C24H32N4O3. The van der Waals surface area contributed by atoms with Gasteiger partial charge in [0.1, 0.15) is 17.0 Å². The van der Waals surface area contributed by atoms with Gasteiger partial charge in [-0.25, -0.2) is 14.3 Å². The van der Waals surface area contributed by atoms with Gasteiger partial charge in [0.05, 0.1) is 13.7 Å². The number of carbonyl (C=O) groups excluding carboxylic acids is 1. The molecule has 0 atom stereocenters. The van der Waals surface area contributed by atoms with Gasteiger partial charge < -0.3 is 14.8 Å². The number of aromatic amines is 1. The molecule has 0 bridgehead atoms. The molecule has 1 fully saturated rings. The molecule has 2 heterocycles. The molecule has 2 N–H and O–H groups in total. The van der Waals surface area contributed by atoms with Gasteiger partial charge >= 0.3 is 5.97 Å². The number of aromatic nitrogens is 3. The zero-order valence-electron chi connectivity index (χ0n) is 18.4. The van der Waals surface area contributed by atoms with Crippen LogP contribution in [0.4, 0.5) is 5.82 Å². The standard InChI is InChI=1S/C24H32N4O3/c1-3-4-14-31-19-13-9-10-17(15-19)21-23(26-18-11-7-5-6-8-12-18)28-22(27-21)20(16-25-28)24(29)30-2/h9-10,13,15-16,18,25-26H,3-8,11-12,14H2,1-2H3. The molecule has 7 nitrogen and oxygen atoms in total. The Balaban J connectivity index is 1.73. The molecule has 4 rings (SSSR count). The number of carbonyl (C=O) groups is 1. The minimum absolute atomic E-state index is 0.384. The minimum Gasteiger partial charge on any atom is -0.494 e. The predicted octanol–water partition coefficient (Wildman–Crippen LogP) is 5.43. The number of hydrogen-bond acceptors (Lipinski definition) is 5. The smallest absolute Gasteiger partial charge is 0.343 e. The Kier molecular flexibility index (Phi) is 6.79. The topological polar surface area (TPSA) is 80.7 Å². The van der Waals surface area contributed by atoms with Crippen molar-refractivity contribution in [1.82, 2.24) is 14.6 Å². The number of benzene rings is 1. The fraction of sp³-hybridized carbons (Fsp3) is 0.500. The van der Waals surface area contributed by atoms with Crippen molar-refractivity contribution in [2.45, 2.75) is 64.3 Å². The average Bonchev–Trinajstić information content (AvgIpc) is 3.24. The summed E-state index contributed by atoms with van der Waals surface area (Å²) >= 11 is 0. The maximum Gasteiger partial charge on any atom is 0.343 e. The van der Waals surface area contributed by atoms with Crippen molar-refractivity contribution in [3.63, 3.8) is 0 Å². The Labute approximate surface area is 183 Å². The Morgan fingerprint density at radius 2 is 2.06 bits per heavy atom. The molecule has 3 aromatic rings. The number of anilines is 1. The second-order valence-electron chi connectivity index (χ2n) is 8.21. The highest BCUT2D eigenvalue weighted by Crippen LogP contribution is 2.33. The average molecular weight is 425 g/mol. The van der Waals surface area contributed by atoms with Gasteiger partial charge in [0.25, 0.3) is 0 Å². The lowest BCUT2D eigenvalue weighted by molar-refractivity contribution is 0.0602. The molecule has 0 spiro atoms. The van der Waals surface area contributed by atoms with Crippen LogP contribution in [0.1, 0.15) is 68.6 Å². The molecular weight excluding hydrogens is 392 g/mol. The van der Waals surface area contributed by atoms with Crippen LogP contribution in [0.25, 0.3) is 16.9 Å². The van der Waals surface area contributed by atoms with Crippen LogP contribution < -0.4 is 10.1 Å². The van der Waals surface area contributed by atoms with Gasteiger partial charge in [0.15, 0.2) is 11.5 Å². The van der Waals surface area contributed by atoms with Crippen LogP contribution in [0, 0.1) is 0 Å². The normalized spacial score (nSPS) is 15.0. The molecule has 0 radical (unpaired) electrons. The van der Waals surface area contributed by atoms with Crippen molar-refractivity contribution in [3.05, 3.63) is 36.0 Å². The highest BCUT2D eigenvalue weighted by molar-refractivity contribution is 5.97. The van der Waals surface area contributed by atoms with Crippen LogP contribution in [0.2, 0.25) is 0 Å². The summed E-state index contributed by atoms with van der Waals surface area (Å²) in [6.45, 7) is 2.85. The first-order valence-electron chi connectivity index (χ1n) is 11.4. The van der Waals surface area contributed by atoms with E-state index < -0.39 is 5.97 Å². The summed E-state index contributed by atoms with van der Waals surface area (Å²) in [5, 5.41) is 6.91. The van der Waals surface area contributed by atoms with Crippen molar-refractivity contribution in [1.29, 1.82) is 0 Å². The summed E-state index contributed by atoms with van der Waals surface area (Å²) in [6.07, 6.45) is 11.1. The Hall–Kier alpha value is -2.96. The molecule has 0 unspecified atom stereocenters. The van der Waals surface area contributed by atoms with E-state index in [-0.39, 0.29) is 0 Å². The first-order chi connectivity index (χ1) is 15.2. The molecule has 31 heavy (non-hydrogen) atoms. The fourth-order valence-electron chi connectivity index (χ4n) is 4.20. The van der Waals surface area contributed by atoms with Crippen molar-refractivity contribution in [3.8, 4) is 17.0 Å². The van der Waals surface area contributed by atoms with Crippen LogP contribution >= 0.6 is 0 Å². The Morgan fingerprint density at radius 1 is 1.26 bits per heavy atom. The zero-order chi connectivity index (χ0) is 21.6. The maximum absolute atomic E-state index is 12.2. The number of imidazole rings is 1. The highest BCUT2D eigenvalue weighted by Gasteiger charge is 2.24. The lowest BCUT2D eigenvalue weighted by atomic mass is 10.1. The van der Waals surface area contributed by atoms with Crippen LogP contribution in [-0.2, 0) is 4.74 Å². The summed E-state index contributed by atoms with van der Waals surface area (Å²) in [5.41, 5.74) is 2.75. The lowest BCUT2D eigenvalue weighted by Gasteiger charge is -2.18. The van der Waals surface area contributed by atoms with E-state index in [9.17, 15) is 4.79 Å². The number of rotatable bonds is 8. The first kappa shape index (κ1) is 21.3. The van der Waals surface area contributed by atoms with Gasteiger partial charge in [-0.1, -0.05) is 51.2 Å². The van der Waals surface area contributed by atoms with Crippen LogP contribution in [0.5, 0.6) is 5.75 Å². The summed E-state index contributed by atoms with van der Waals surface area (Å²) in [6, 6.07) is 8.40. The molecule has 1 aromatic carbocycles. The molecule has 1 saturated carbocycles. The summed E-state index contributed by atoms with van der Waals surface area (Å²) in [7, 11) is 1.39. The molecule has 0 amide bonds. The van der Waals surface area contributed by atoms with Crippen molar-refractivity contribution >= 4 is 17.4 Å². The van der Waals surface area contributed by atoms with Crippen LogP contribution in [0.15, 0.2) is 30.5 Å². The Morgan fingerprint density at radius 3 is 2.81 bits per heavy atom. The number of unbranched alkanes of at least 4 members (excludes halogenated alkanes) is 1. The van der Waals surface area contributed by atoms with Crippen molar-refractivity contribution < 1.29 is 14.3 Å². The number of H-pyrrole nitrogens is 1. The second kappa shape index (κ2) is 9.90. The third-order valence-electron chi connectivity index (χ3n) is 5.93. The molecule has 0 aliphatic heterocycles. The highest BCUT2D eigenvalue weighted by atomic mass is 16.5. The van der Waals surface area contributed by atoms with Gasteiger partial charge in [-0.2, -0.15) is 0 Å². The van der Waals surface area contributed by atoms with E-state index in [0.717, 1.165) is 48.5 Å². The molecule has 7 heteroatoms. The first-order valence-corrected chi connectivity index (χ1v) is 11.4. The van der Waals surface area contributed by atoms with Gasteiger partial charge in [-0.15, -0.1) is 0 Å². The third kappa shape index (κ3) is 4.70. The quantitative estimate of drug-likeness (QED) is 0.286. The fourth-order valence-corrected chi connectivity index (χ4v) is 4.20. The Bertz CT molecular complexity index is 1020. The molecule has 1 aliphatic carbocycles. The van der Waals surface area contributed by atoms with Crippen LogP contribution in [-0.4, -0.2) is 40.3 Å². The SMILES string of the molecule is CCCCOc1cccc(-c2nc3c(C(=O)OC)c[nH]n3c2NC2CCCCCC2)c1. The van der Waals surface area contributed by atoms with E-state index in [1.54, 1.807) is 6.20 Å². The minimum atomic E-state index is -0.402.